The van der Waals surface area contributed by atoms with E-state index in [-0.39, 0.29) is 11.7 Å². The summed E-state index contributed by atoms with van der Waals surface area (Å²) < 4.78 is 52.4. The van der Waals surface area contributed by atoms with Crippen LogP contribution in [-0.2, 0) is 31.6 Å². The van der Waals surface area contributed by atoms with E-state index in [1.165, 1.54) is 17.2 Å². The highest BCUT2D eigenvalue weighted by Crippen LogP contribution is 2.66. The summed E-state index contributed by atoms with van der Waals surface area (Å²) in [4.78, 5) is 48.2. The Morgan fingerprint density at radius 2 is 1.74 bits per heavy atom. The van der Waals surface area contributed by atoms with Crippen LogP contribution in [0.1, 0.15) is 20.1 Å². The second-order valence-electron chi connectivity index (χ2n) is 7.28. The van der Waals surface area contributed by atoms with Crippen molar-refractivity contribution in [1.29, 1.82) is 0 Å². The van der Waals surface area contributed by atoms with Crippen LogP contribution in [0.15, 0.2) is 12.7 Å². The largest absolute Gasteiger partial charge is 0.490 e. The molecule has 1 aliphatic rings. The number of phosphoric ester groups is 1. The SMILES string of the molecule is CC(C)Nc1ncnc2c1ncn2[C@@H]1O[C@H](COP(=O)(O)OP(=O)(O)OP(=O)(O)O)[C@H](O)C1O. The summed E-state index contributed by atoms with van der Waals surface area (Å²) in [5, 5.41) is 23.8. The van der Waals surface area contributed by atoms with Crippen LogP contribution in [-0.4, -0.2) is 80.3 Å². The average molecular weight is 549 g/mol. The molecule has 6 atom stereocenters. The number of fused-ring (bicyclic) bond motifs is 1. The molecular weight excluding hydrogens is 527 g/mol. The highest BCUT2D eigenvalue weighted by atomic mass is 31.3. The van der Waals surface area contributed by atoms with Gasteiger partial charge in [-0.3, -0.25) is 9.09 Å². The van der Waals surface area contributed by atoms with Crippen molar-refractivity contribution in [3.63, 3.8) is 0 Å². The van der Waals surface area contributed by atoms with Crippen LogP contribution in [0.4, 0.5) is 5.82 Å². The Hall–Kier alpha value is -1.36. The lowest BCUT2D eigenvalue weighted by molar-refractivity contribution is -0.0503. The second-order valence-corrected chi connectivity index (χ2v) is 11.7. The van der Waals surface area contributed by atoms with Gasteiger partial charge in [0.25, 0.3) is 0 Å². The zero-order valence-electron chi connectivity index (χ0n) is 17.4. The van der Waals surface area contributed by atoms with Gasteiger partial charge in [0.05, 0.1) is 12.9 Å². The topological polar surface area (TPSA) is 265 Å². The zero-order chi connectivity index (χ0) is 25.5. The molecule has 0 saturated carbocycles. The van der Waals surface area contributed by atoms with Gasteiger partial charge in [-0.15, -0.1) is 0 Å². The molecule has 7 N–H and O–H groups in total. The van der Waals surface area contributed by atoms with E-state index in [0.29, 0.717) is 11.3 Å². The lowest BCUT2D eigenvalue weighted by atomic mass is 10.1. The van der Waals surface area contributed by atoms with Gasteiger partial charge in [0, 0.05) is 6.04 Å². The minimum absolute atomic E-state index is 0.0256. The molecule has 0 aromatic carbocycles. The van der Waals surface area contributed by atoms with Crippen LogP contribution in [0.25, 0.3) is 11.2 Å². The molecule has 2 aromatic rings. The molecule has 0 bridgehead atoms. The maximum Gasteiger partial charge on any atom is 0.490 e. The molecule has 3 heterocycles. The second kappa shape index (κ2) is 9.95. The minimum atomic E-state index is -5.70. The monoisotopic (exact) mass is 549 g/mol. The molecule has 1 fully saturated rings. The Bertz CT molecular complexity index is 1170. The first kappa shape index (κ1) is 27.2. The summed E-state index contributed by atoms with van der Waals surface area (Å²) in [6.45, 7) is 2.82. The van der Waals surface area contributed by atoms with Gasteiger partial charge in [0.2, 0.25) is 0 Å². The number of anilines is 1. The van der Waals surface area contributed by atoms with Gasteiger partial charge in [0.1, 0.15) is 24.6 Å². The lowest BCUT2D eigenvalue weighted by Crippen LogP contribution is -2.33. The highest BCUT2D eigenvalue weighted by Gasteiger charge is 2.47. The first-order chi connectivity index (χ1) is 15.6. The Morgan fingerprint density at radius 1 is 1.06 bits per heavy atom. The van der Waals surface area contributed by atoms with E-state index in [0.717, 1.165) is 0 Å². The molecule has 0 amide bonds. The van der Waals surface area contributed by atoms with E-state index in [9.17, 15) is 33.7 Å². The first-order valence-electron chi connectivity index (χ1n) is 9.32. The van der Waals surface area contributed by atoms with Crippen molar-refractivity contribution in [2.75, 3.05) is 11.9 Å². The zero-order valence-corrected chi connectivity index (χ0v) is 20.1. The third kappa shape index (κ3) is 6.65. The summed E-state index contributed by atoms with van der Waals surface area (Å²) >= 11 is 0. The van der Waals surface area contributed by atoms with Crippen molar-refractivity contribution in [2.45, 2.75) is 44.4 Å². The predicted octanol–water partition coefficient (Wildman–Crippen LogP) is -0.391. The predicted molar refractivity (Wildman–Crippen MR) is 110 cm³/mol. The number of rotatable bonds is 10. The van der Waals surface area contributed by atoms with Crippen LogP contribution in [0, 0.1) is 0 Å². The van der Waals surface area contributed by atoms with Crippen LogP contribution in [0.5, 0.6) is 0 Å². The number of hydrogen-bond acceptors (Lipinski definition) is 13. The van der Waals surface area contributed by atoms with Crippen molar-refractivity contribution in [3.8, 4) is 0 Å². The Kier molecular flexibility index (Phi) is 7.97. The molecule has 1 aliphatic heterocycles. The lowest BCUT2D eigenvalue weighted by Gasteiger charge is -2.19. The van der Waals surface area contributed by atoms with Gasteiger partial charge in [-0.25, -0.2) is 28.6 Å². The molecular formula is C13H22N5O13P3. The number of hydrogen-bond donors (Lipinski definition) is 7. The molecule has 0 aliphatic carbocycles. The van der Waals surface area contributed by atoms with Crippen LogP contribution in [0.2, 0.25) is 0 Å². The number of imidazole rings is 1. The van der Waals surface area contributed by atoms with Crippen molar-refractivity contribution in [3.05, 3.63) is 12.7 Å². The Labute approximate surface area is 191 Å². The van der Waals surface area contributed by atoms with Crippen molar-refractivity contribution >= 4 is 40.4 Å². The Balaban J connectivity index is 1.72. The van der Waals surface area contributed by atoms with Gasteiger partial charge in [-0.1, -0.05) is 0 Å². The average Bonchev–Trinajstić information content (AvgIpc) is 3.19. The van der Waals surface area contributed by atoms with Gasteiger partial charge in [-0.2, -0.15) is 8.62 Å². The summed E-state index contributed by atoms with van der Waals surface area (Å²) in [5.74, 6) is 0.413. The number of ether oxygens (including phenoxy) is 1. The number of aliphatic hydroxyl groups is 2. The third-order valence-corrected chi connectivity index (χ3v) is 8.02. The number of aromatic nitrogens is 4. The number of phosphoric acid groups is 3. The van der Waals surface area contributed by atoms with E-state index < -0.39 is 54.6 Å². The molecule has 0 spiro atoms. The van der Waals surface area contributed by atoms with Gasteiger partial charge >= 0.3 is 23.5 Å². The summed E-state index contributed by atoms with van der Waals surface area (Å²) in [6.07, 6.45) is -3.44. The molecule has 0 radical (unpaired) electrons. The van der Waals surface area contributed by atoms with E-state index in [1.54, 1.807) is 0 Å². The minimum Gasteiger partial charge on any atom is -0.387 e. The maximum atomic E-state index is 11.9. The van der Waals surface area contributed by atoms with Crippen molar-refractivity contribution in [1.82, 2.24) is 19.5 Å². The molecule has 2 aromatic heterocycles. The van der Waals surface area contributed by atoms with E-state index in [4.69, 9.17) is 14.5 Å². The van der Waals surface area contributed by atoms with Crippen LogP contribution < -0.4 is 5.32 Å². The number of nitrogens with one attached hydrogen (secondary N) is 1. The molecule has 21 heteroatoms. The molecule has 18 nitrogen and oxygen atoms in total. The van der Waals surface area contributed by atoms with Gasteiger partial charge < -0.3 is 39.8 Å². The number of aliphatic hydroxyl groups excluding tert-OH is 2. The molecule has 3 rings (SSSR count). The fourth-order valence-corrected chi connectivity index (χ4v) is 6.01. The fourth-order valence-electron chi connectivity index (χ4n) is 2.98. The van der Waals surface area contributed by atoms with Crippen LogP contribution in [0.3, 0.4) is 0 Å². The van der Waals surface area contributed by atoms with E-state index >= 15 is 0 Å². The van der Waals surface area contributed by atoms with E-state index in [1.807, 2.05) is 13.8 Å². The summed E-state index contributed by atoms with van der Waals surface area (Å²) in [6, 6.07) is 0.0256. The molecule has 192 valence electrons. The van der Waals surface area contributed by atoms with E-state index in [2.05, 4.69) is 33.4 Å². The third-order valence-electron chi connectivity index (χ3n) is 4.21. The molecule has 34 heavy (non-hydrogen) atoms. The van der Waals surface area contributed by atoms with Gasteiger partial charge in [-0.05, 0) is 13.8 Å². The van der Waals surface area contributed by atoms with Crippen molar-refractivity contribution in [2.24, 2.45) is 0 Å². The number of nitrogens with zero attached hydrogens (tertiary/aromatic N) is 4. The normalized spacial score (nSPS) is 27.1. The highest BCUT2D eigenvalue weighted by molar-refractivity contribution is 7.66. The molecule has 1 saturated heterocycles. The fraction of sp³-hybridized carbons (Fsp3) is 0.615. The molecule has 3 unspecified atom stereocenters. The quantitative estimate of drug-likeness (QED) is 0.186. The smallest absolute Gasteiger partial charge is 0.387 e. The Morgan fingerprint density at radius 3 is 2.35 bits per heavy atom. The van der Waals surface area contributed by atoms with Crippen molar-refractivity contribution < 1.29 is 61.4 Å². The standard InChI is InChI=1S/C13H22N5O13P3/c1-6(2)17-11-8-12(15-4-14-11)18(5-16-8)13-10(20)9(19)7(29-13)3-28-33(24,25)31-34(26,27)30-32(21,22)23/h4-7,9-10,13,19-20H,3H2,1-2H3,(H,24,25)(H,26,27)(H,14,15,17)(H2,21,22,23)/t7-,9+,10?,13-/m1/s1. The van der Waals surface area contributed by atoms with Crippen LogP contribution >= 0.6 is 23.5 Å². The maximum absolute atomic E-state index is 11.9. The first-order valence-corrected chi connectivity index (χ1v) is 13.8. The summed E-state index contributed by atoms with van der Waals surface area (Å²) in [5.41, 5.74) is 0.584. The van der Waals surface area contributed by atoms with Gasteiger partial charge in [0.15, 0.2) is 23.2 Å². The summed E-state index contributed by atoms with van der Waals surface area (Å²) in [7, 11) is -16.7.